The van der Waals surface area contributed by atoms with Crippen LogP contribution in [0.4, 0.5) is 4.79 Å². The van der Waals surface area contributed by atoms with Gasteiger partial charge in [0.1, 0.15) is 23.5 Å². The molecule has 9 nitrogen and oxygen atoms in total. The minimum atomic E-state index is -0.741. The molecule has 0 saturated carbocycles. The summed E-state index contributed by atoms with van der Waals surface area (Å²) in [4.78, 5) is 35.5. The first-order valence-electron chi connectivity index (χ1n) is 15.0. The molecule has 1 fully saturated rings. The first-order chi connectivity index (χ1) is 19.3. The maximum atomic E-state index is 12.5. The molecule has 0 bridgehead atoms. The molecule has 0 N–H and O–H groups in total. The van der Waals surface area contributed by atoms with Crippen molar-refractivity contribution in [2.24, 2.45) is 4.99 Å². The molecule has 3 rings (SSSR count). The Morgan fingerprint density at radius 1 is 0.927 bits per heavy atom. The van der Waals surface area contributed by atoms with Gasteiger partial charge in [-0.25, -0.2) is 4.79 Å². The number of amides is 1. The number of carbonyl (C=O) groups is 2. The first-order valence-corrected chi connectivity index (χ1v) is 15.0. The molecule has 1 aromatic carbocycles. The van der Waals surface area contributed by atoms with Gasteiger partial charge in [0.15, 0.2) is 0 Å². The largest absolute Gasteiger partial charge is 0.460 e. The fraction of sp³-hybridized carbons (Fsp3) is 0.656. The third-order valence-corrected chi connectivity index (χ3v) is 6.66. The summed E-state index contributed by atoms with van der Waals surface area (Å²) in [5, 5.41) is 4.19. The fourth-order valence-electron chi connectivity index (χ4n) is 4.59. The molecule has 0 aliphatic carbocycles. The van der Waals surface area contributed by atoms with E-state index in [2.05, 4.69) is 34.2 Å². The number of aryl methyl sites for hydroxylation is 1. The van der Waals surface area contributed by atoms with Crippen LogP contribution in [0.15, 0.2) is 33.8 Å². The molecule has 1 aliphatic rings. The van der Waals surface area contributed by atoms with Crippen molar-refractivity contribution in [3.63, 3.8) is 0 Å². The van der Waals surface area contributed by atoms with E-state index in [4.69, 9.17) is 14.0 Å². The molecule has 1 amide bonds. The summed E-state index contributed by atoms with van der Waals surface area (Å²) in [7, 11) is 0. The van der Waals surface area contributed by atoms with E-state index in [1.54, 1.807) is 41.5 Å². The van der Waals surface area contributed by atoms with Crippen LogP contribution < -0.4 is 0 Å². The lowest BCUT2D eigenvalue weighted by atomic mass is 9.99. The number of esters is 1. The molecule has 0 unspecified atom stereocenters. The first kappa shape index (κ1) is 32.3. The number of rotatable bonds is 12. The number of unbranched alkanes of at least 4 members (excludes halogenated alkanes) is 6. The van der Waals surface area contributed by atoms with Crippen molar-refractivity contribution < 1.29 is 23.6 Å². The quantitative estimate of drug-likeness (QED) is 0.112. The number of hydrogen-bond donors (Lipinski definition) is 0. The Bertz CT molecular complexity index is 1150. The van der Waals surface area contributed by atoms with Crippen molar-refractivity contribution in [1.29, 1.82) is 0 Å². The van der Waals surface area contributed by atoms with Crippen molar-refractivity contribution in [2.45, 2.75) is 123 Å². The van der Waals surface area contributed by atoms with Crippen LogP contribution in [-0.4, -0.2) is 57.2 Å². The highest BCUT2D eigenvalue weighted by molar-refractivity contribution is 6.02. The maximum Gasteiger partial charge on any atom is 0.435 e. The molecule has 226 valence electrons. The molecule has 1 aromatic heterocycles. The maximum absolute atomic E-state index is 12.5. The highest BCUT2D eigenvalue weighted by Crippen LogP contribution is 2.29. The van der Waals surface area contributed by atoms with E-state index in [-0.39, 0.29) is 12.3 Å². The Morgan fingerprint density at radius 2 is 1.54 bits per heavy atom. The number of benzene rings is 1. The summed E-state index contributed by atoms with van der Waals surface area (Å²) in [5.41, 5.74) is 0.901. The topological polar surface area (TPSA) is 107 Å². The summed E-state index contributed by atoms with van der Waals surface area (Å²) in [6.07, 6.45) is 9.33. The molecular weight excluding hydrogens is 520 g/mol. The molecule has 9 heteroatoms. The van der Waals surface area contributed by atoms with Gasteiger partial charge in [-0.05, 0) is 59.9 Å². The molecule has 41 heavy (non-hydrogen) atoms. The third kappa shape index (κ3) is 11.3. The van der Waals surface area contributed by atoms with Gasteiger partial charge in [0.2, 0.25) is 11.7 Å². The zero-order chi connectivity index (χ0) is 30.0. The number of likely N-dealkylation sites (tertiary alicyclic amines) is 1. The van der Waals surface area contributed by atoms with Crippen LogP contribution in [0.25, 0.3) is 11.4 Å². The standard InChI is InChI=1S/C32H48N4O5/c1-8-9-10-11-12-13-14-15-23-16-18-24(19-17-23)28-34-29(41-35-28)25-21-36(22-25)26(20-27(37)39-31(2,3)4)33-30(38)40-32(5,6)7/h16-19,25H,8-15,20-22H2,1-7H3. The van der Waals surface area contributed by atoms with Crippen LogP contribution in [0.1, 0.15) is 117 Å². The Morgan fingerprint density at radius 3 is 2.15 bits per heavy atom. The molecule has 0 radical (unpaired) electrons. The van der Waals surface area contributed by atoms with Gasteiger partial charge in [0.25, 0.3) is 0 Å². The lowest BCUT2D eigenvalue weighted by Gasteiger charge is -2.39. The third-order valence-electron chi connectivity index (χ3n) is 6.66. The summed E-state index contributed by atoms with van der Waals surface area (Å²) < 4.78 is 16.4. The van der Waals surface area contributed by atoms with Crippen LogP contribution in [-0.2, 0) is 20.7 Å². The number of carbonyl (C=O) groups excluding carboxylic acids is 2. The minimum Gasteiger partial charge on any atom is -0.460 e. The Balaban J connectivity index is 1.55. The van der Waals surface area contributed by atoms with E-state index in [0.717, 1.165) is 12.0 Å². The van der Waals surface area contributed by atoms with E-state index >= 15 is 0 Å². The normalized spacial score (nSPS) is 14.6. The number of ether oxygens (including phenoxy) is 2. The smallest absolute Gasteiger partial charge is 0.435 e. The highest BCUT2D eigenvalue weighted by Gasteiger charge is 2.36. The Hall–Kier alpha value is -3.23. The average Bonchev–Trinajstić information content (AvgIpc) is 3.30. The summed E-state index contributed by atoms with van der Waals surface area (Å²) >= 11 is 0. The number of nitrogens with zero attached hydrogens (tertiary/aromatic N) is 4. The van der Waals surface area contributed by atoms with Gasteiger partial charge >= 0.3 is 12.1 Å². The molecule has 0 spiro atoms. The SMILES string of the molecule is CCCCCCCCCc1ccc(-c2noc(C3CN(C(CC(=O)OC(C)(C)C)=NC(=O)OC(C)(C)C)C3)n2)cc1. The minimum absolute atomic E-state index is 0.0321. The van der Waals surface area contributed by atoms with E-state index < -0.39 is 23.3 Å². The van der Waals surface area contributed by atoms with Crippen LogP contribution in [0, 0.1) is 0 Å². The summed E-state index contributed by atoms with van der Waals surface area (Å²) in [6, 6.07) is 8.38. The van der Waals surface area contributed by atoms with E-state index in [9.17, 15) is 9.59 Å². The van der Waals surface area contributed by atoms with Crippen molar-refractivity contribution in [3.8, 4) is 11.4 Å². The molecule has 1 saturated heterocycles. The van der Waals surface area contributed by atoms with Crippen molar-refractivity contribution in [3.05, 3.63) is 35.7 Å². The fourth-order valence-corrected chi connectivity index (χ4v) is 4.59. The van der Waals surface area contributed by atoms with Gasteiger partial charge in [0, 0.05) is 18.7 Å². The highest BCUT2D eigenvalue weighted by atomic mass is 16.6. The number of aliphatic imine (C=N–C) groups is 1. The van der Waals surface area contributed by atoms with Gasteiger partial charge in [0.05, 0.1) is 5.92 Å². The second-order valence-corrected chi connectivity index (χ2v) is 12.9. The summed E-state index contributed by atoms with van der Waals surface area (Å²) in [5.74, 6) is 0.893. The summed E-state index contributed by atoms with van der Waals surface area (Å²) in [6.45, 7) is 13.9. The Labute approximate surface area is 245 Å². The van der Waals surface area contributed by atoms with Crippen molar-refractivity contribution >= 4 is 17.9 Å². The second kappa shape index (κ2) is 14.6. The van der Waals surface area contributed by atoms with E-state index in [0.29, 0.717) is 30.6 Å². The molecule has 2 aromatic rings. The lowest BCUT2D eigenvalue weighted by molar-refractivity contribution is -0.153. The number of hydrogen-bond acceptors (Lipinski definition) is 7. The van der Waals surface area contributed by atoms with Crippen LogP contribution in [0.2, 0.25) is 0 Å². The van der Waals surface area contributed by atoms with Gasteiger partial charge in [-0.15, -0.1) is 0 Å². The zero-order valence-corrected chi connectivity index (χ0v) is 26.0. The van der Waals surface area contributed by atoms with Crippen molar-refractivity contribution in [2.75, 3.05) is 13.1 Å². The predicted octanol–water partition coefficient (Wildman–Crippen LogP) is 7.49. The van der Waals surface area contributed by atoms with Crippen LogP contribution in [0.3, 0.4) is 0 Å². The molecule has 2 heterocycles. The monoisotopic (exact) mass is 568 g/mol. The molecule has 0 atom stereocenters. The van der Waals surface area contributed by atoms with Gasteiger partial charge in [-0.1, -0.05) is 74.9 Å². The van der Waals surface area contributed by atoms with Crippen molar-refractivity contribution in [1.82, 2.24) is 15.0 Å². The Kier molecular flexibility index (Phi) is 11.5. The second-order valence-electron chi connectivity index (χ2n) is 12.9. The van der Waals surface area contributed by atoms with Gasteiger partial charge in [-0.3, -0.25) is 4.79 Å². The van der Waals surface area contributed by atoms with Gasteiger partial charge in [-0.2, -0.15) is 9.98 Å². The molecular formula is C32H48N4O5. The molecule has 1 aliphatic heterocycles. The zero-order valence-electron chi connectivity index (χ0n) is 26.0. The van der Waals surface area contributed by atoms with E-state index in [1.165, 1.54) is 50.5 Å². The predicted molar refractivity (Wildman–Crippen MR) is 160 cm³/mol. The van der Waals surface area contributed by atoms with Crippen LogP contribution >= 0.6 is 0 Å². The van der Waals surface area contributed by atoms with E-state index in [1.807, 2.05) is 17.0 Å². The van der Waals surface area contributed by atoms with Gasteiger partial charge < -0.3 is 18.9 Å². The number of aromatic nitrogens is 2. The number of amidine groups is 1. The lowest BCUT2D eigenvalue weighted by Crippen LogP contribution is -2.49. The average molecular weight is 569 g/mol. The van der Waals surface area contributed by atoms with Crippen LogP contribution in [0.5, 0.6) is 0 Å².